The Hall–Kier alpha value is -1.73. The van der Waals surface area contributed by atoms with Crippen LogP contribution in [0.25, 0.3) is 0 Å². The van der Waals surface area contributed by atoms with Crippen molar-refractivity contribution in [2.24, 2.45) is 0 Å². The molecule has 16 heavy (non-hydrogen) atoms. The Bertz CT molecular complexity index is 405. The number of hydrogen-bond acceptors (Lipinski definition) is 4. The number of anilines is 2. The molecule has 1 aliphatic heterocycles. The zero-order valence-corrected chi connectivity index (χ0v) is 9.31. The lowest BCUT2D eigenvalue weighted by molar-refractivity contribution is 0.0765. The summed E-state index contributed by atoms with van der Waals surface area (Å²) in [6.45, 7) is 3.98. The Morgan fingerprint density at radius 2 is 2.38 bits per heavy atom. The number of benzene rings is 1. The summed E-state index contributed by atoms with van der Waals surface area (Å²) >= 11 is 0. The van der Waals surface area contributed by atoms with Gasteiger partial charge in [-0.25, -0.2) is 0 Å². The first-order valence-electron chi connectivity index (χ1n) is 5.33. The number of hydrogen-bond donors (Lipinski definition) is 1. The van der Waals surface area contributed by atoms with Gasteiger partial charge in [-0.1, -0.05) is 12.1 Å². The molecule has 1 aromatic carbocycles. The van der Waals surface area contributed by atoms with Gasteiger partial charge < -0.3 is 15.4 Å². The van der Waals surface area contributed by atoms with Crippen LogP contribution in [0.4, 0.5) is 11.4 Å². The number of nitriles is 1. The second-order valence-electron chi connectivity index (χ2n) is 3.95. The molecule has 4 nitrogen and oxygen atoms in total. The van der Waals surface area contributed by atoms with Crippen LogP contribution in [0.3, 0.4) is 0 Å². The minimum atomic E-state index is -0.354. The maximum absolute atomic E-state index is 8.86. The van der Waals surface area contributed by atoms with Crippen molar-refractivity contribution in [1.82, 2.24) is 0 Å². The van der Waals surface area contributed by atoms with E-state index in [0.717, 1.165) is 23.5 Å². The van der Waals surface area contributed by atoms with Gasteiger partial charge in [0.1, 0.15) is 0 Å². The van der Waals surface area contributed by atoms with Crippen molar-refractivity contribution >= 4 is 11.4 Å². The maximum atomic E-state index is 8.86. The van der Waals surface area contributed by atoms with Gasteiger partial charge in [-0.2, -0.15) is 5.26 Å². The van der Waals surface area contributed by atoms with Crippen LogP contribution in [0.5, 0.6) is 0 Å². The number of morpholine rings is 1. The SMILES string of the molecule is Cc1cccc(N)c1N1CCOC(C#N)C1. The predicted octanol–water partition coefficient (Wildman–Crippen LogP) is 1.31. The van der Waals surface area contributed by atoms with Crippen molar-refractivity contribution < 1.29 is 4.74 Å². The molecule has 0 radical (unpaired) electrons. The maximum Gasteiger partial charge on any atom is 0.161 e. The molecule has 2 rings (SSSR count). The Kier molecular flexibility index (Phi) is 2.97. The second kappa shape index (κ2) is 4.42. The number of nitrogens with zero attached hydrogens (tertiary/aromatic N) is 2. The van der Waals surface area contributed by atoms with Gasteiger partial charge in [-0.3, -0.25) is 0 Å². The zero-order valence-electron chi connectivity index (χ0n) is 9.31. The Balaban J connectivity index is 2.27. The van der Waals surface area contributed by atoms with Gasteiger partial charge in [0.05, 0.1) is 30.6 Å². The summed E-state index contributed by atoms with van der Waals surface area (Å²) in [5, 5.41) is 8.86. The van der Waals surface area contributed by atoms with Crippen molar-refractivity contribution in [2.45, 2.75) is 13.0 Å². The van der Waals surface area contributed by atoms with E-state index < -0.39 is 0 Å². The van der Waals surface area contributed by atoms with Gasteiger partial charge in [0.2, 0.25) is 0 Å². The molecule has 4 heteroatoms. The van der Waals surface area contributed by atoms with Crippen molar-refractivity contribution in [2.75, 3.05) is 30.3 Å². The van der Waals surface area contributed by atoms with Crippen LogP contribution in [-0.4, -0.2) is 25.8 Å². The van der Waals surface area contributed by atoms with E-state index in [2.05, 4.69) is 11.0 Å². The van der Waals surface area contributed by atoms with Gasteiger partial charge >= 0.3 is 0 Å². The molecule has 0 bridgehead atoms. The molecule has 0 aromatic heterocycles. The lowest BCUT2D eigenvalue weighted by atomic mass is 10.1. The monoisotopic (exact) mass is 217 g/mol. The van der Waals surface area contributed by atoms with E-state index in [-0.39, 0.29) is 6.10 Å². The van der Waals surface area contributed by atoms with Crippen molar-refractivity contribution in [3.63, 3.8) is 0 Å². The Labute approximate surface area is 95.2 Å². The van der Waals surface area contributed by atoms with Crippen LogP contribution in [0.15, 0.2) is 18.2 Å². The number of nitrogens with two attached hydrogens (primary N) is 1. The molecule has 1 heterocycles. The number of nitrogen functional groups attached to an aromatic ring is 1. The number of aryl methyl sites for hydroxylation is 1. The molecule has 1 aliphatic rings. The summed E-state index contributed by atoms with van der Waals surface area (Å²) < 4.78 is 5.31. The summed E-state index contributed by atoms with van der Waals surface area (Å²) in [6.07, 6.45) is -0.354. The molecule has 1 unspecified atom stereocenters. The summed E-state index contributed by atoms with van der Waals surface area (Å²) in [7, 11) is 0. The van der Waals surface area contributed by atoms with Crippen LogP contribution in [0, 0.1) is 18.3 Å². The number of rotatable bonds is 1. The van der Waals surface area contributed by atoms with E-state index in [9.17, 15) is 0 Å². The Morgan fingerprint density at radius 3 is 3.06 bits per heavy atom. The van der Waals surface area contributed by atoms with Gasteiger partial charge in [0, 0.05) is 6.54 Å². The molecular formula is C12H15N3O. The highest BCUT2D eigenvalue weighted by molar-refractivity contribution is 5.71. The molecular weight excluding hydrogens is 202 g/mol. The highest BCUT2D eigenvalue weighted by Crippen LogP contribution is 2.28. The van der Waals surface area contributed by atoms with Gasteiger partial charge in [0.25, 0.3) is 0 Å². The van der Waals surface area contributed by atoms with Crippen molar-refractivity contribution in [1.29, 1.82) is 5.26 Å². The molecule has 1 atom stereocenters. The molecule has 0 saturated carbocycles. The lowest BCUT2D eigenvalue weighted by Crippen LogP contribution is -2.42. The average molecular weight is 217 g/mol. The molecule has 0 spiro atoms. The molecule has 1 saturated heterocycles. The summed E-state index contributed by atoms with van der Waals surface area (Å²) in [5.74, 6) is 0. The van der Waals surface area contributed by atoms with Crippen LogP contribution < -0.4 is 10.6 Å². The Morgan fingerprint density at radius 1 is 1.56 bits per heavy atom. The van der Waals surface area contributed by atoms with Gasteiger partial charge in [-0.15, -0.1) is 0 Å². The van der Waals surface area contributed by atoms with Crippen LogP contribution in [0.2, 0.25) is 0 Å². The fourth-order valence-corrected chi connectivity index (χ4v) is 2.04. The topological polar surface area (TPSA) is 62.3 Å². The van der Waals surface area contributed by atoms with Crippen molar-refractivity contribution in [3.8, 4) is 6.07 Å². The quantitative estimate of drug-likeness (QED) is 0.720. The van der Waals surface area contributed by atoms with E-state index in [4.69, 9.17) is 15.7 Å². The van der Waals surface area contributed by atoms with E-state index in [1.807, 2.05) is 25.1 Å². The summed E-state index contributed by atoms with van der Waals surface area (Å²) in [5.41, 5.74) is 8.91. The second-order valence-corrected chi connectivity index (χ2v) is 3.95. The molecule has 0 amide bonds. The molecule has 2 N–H and O–H groups in total. The minimum absolute atomic E-state index is 0.354. The molecule has 1 aromatic rings. The van der Waals surface area contributed by atoms with Crippen molar-refractivity contribution in [3.05, 3.63) is 23.8 Å². The van der Waals surface area contributed by atoms with Crippen LogP contribution >= 0.6 is 0 Å². The third-order valence-corrected chi connectivity index (χ3v) is 2.80. The van der Waals surface area contributed by atoms with E-state index in [1.54, 1.807) is 0 Å². The number of ether oxygens (including phenoxy) is 1. The van der Waals surface area contributed by atoms with Gasteiger partial charge in [-0.05, 0) is 18.6 Å². The van der Waals surface area contributed by atoms with E-state index in [0.29, 0.717) is 13.2 Å². The zero-order chi connectivity index (χ0) is 11.5. The fraction of sp³-hybridized carbons (Fsp3) is 0.417. The summed E-state index contributed by atoms with van der Waals surface area (Å²) in [6, 6.07) is 8.00. The lowest BCUT2D eigenvalue weighted by Gasteiger charge is -2.33. The molecule has 84 valence electrons. The minimum Gasteiger partial charge on any atom is -0.397 e. The highest BCUT2D eigenvalue weighted by atomic mass is 16.5. The van der Waals surface area contributed by atoms with E-state index in [1.165, 1.54) is 0 Å². The largest absolute Gasteiger partial charge is 0.397 e. The van der Waals surface area contributed by atoms with Gasteiger partial charge in [0.15, 0.2) is 6.10 Å². The highest BCUT2D eigenvalue weighted by Gasteiger charge is 2.22. The normalized spacial score (nSPS) is 20.5. The smallest absolute Gasteiger partial charge is 0.161 e. The van der Waals surface area contributed by atoms with E-state index >= 15 is 0 Å². The first-order chi connectivity index (χ1) is 7.72. The first-order valence-corrected chi connectivity index (χ1v) is 5.33. The standard InChI is InChI=1S/C12H15N3O/c1-9-3-2-4-11(14)12(9)15-5-6-16-10(7-13)8-15/h2-4,10H,5-6,8,14H2,1H3. The average Bonchev–Trinajstić information content (AvgIpc) is 2.29. The third kappa shape index (κ3) is 1.95. The predicted molar refractivity (Wildman–Crippen MR) is 63.2 cm³/mol. The molecule has 0 aliphatic carbocycles. The third-order valence-electron chi connectivity index (χ3n) is 2.80. The van der Waals surface area contributed by atoms with Crippen LogP contribution in [-0.2, 0) is 4.74 Å². The summed E-state index contributed by atoms with van der Waals surface area (Å²) in [4.78, 5) is 2.13. The fourth-order valence-electron chi connectivity index (χ4n) is 2.04. The molecule has 1 fully saturated rings. The first kappa shape index (κ1) is 10.8. The van der Waals surface area contributed by atoms with Crippen LogP contribution in [0.1, 0.15) is 5.56 Å². The number of para-hydroxylation sites is 1.